The first kappa shape index (κ1) is 13.2. The van der Waals surface area contributed by atoms with Gasteiger partial charge >= 0.3 is 0 Å². The Morgan fingerprint density at radius 1 is 1.36 bits per heavy atom. The van der Waals surface area contributed by atoms with Crippen LogP contribution < -0.4 is 0 Å². The Balaban J connectivity index is 4.53. The van der Waals surface area contributed by atoms with E-state index in [1.165, 1.54) is 0 Å². The molecule has 0 aromatic rings. The zero-order valence-corrected chi connectivity index (χ0v) is 9.71. The lowest BCUT2D eigenvalue weighted by atomic mass is 9.80. The van der Waals surface area contributed by atoms with Crippen molar-refractivity contribution in [3.63, 3.8) is 0 Å². The maximum absolute atomic E-state index is 8.46. The van der Waals surface area contributed by atoms with Gasteiger partial charge in [-0.05, 0) is 11.8 Å². The smallest absolute Gasteiger partial charge is 0.0905 e. The third-order valence-corrected chi connectivity index (χ3v) is 2.69. The van der Waals surface area contributed by atoms with Crippen LogP contribution in [-0.2, 0) is 4.74 Å². The lowest BCUT2D eigenvalue weighted by molar-refractivity contribution is -0.0704. The van der Waals surface area contributed by atoms with E-state index < -0.39 is 0 Å². The Hall–Kier alpha value is -0.810. The first-order valence-electron chi connectivity index (χ1n) is 5.15. The van der Waals surface area contributed by atoms with E-state index >= 15 is 0 Å². The van der Waals surface area contributed by atoms with Crippen LogP contribution in [0.25, 0.3) is 0 Å². The summed E-state index contributed by atoms with van der Waals surface area (Å²) in [6, 6.07) is 2.08. The quantitative estimate of drug-likeness (QED) is 0.482. The van der Waals surface area contributed by atoms with E-state index in [1.54, 1.807) is 0 Å². The number of ether oxygens (including phenoxy) is 1. The van der Waals surface area contributed by atoms with Crippen molar-refractivity contribution in [1.82, 2.24) is 0 Å². The molecule has 0 amide bonds. The van der Waals surface area contributed by atoms with Crippen LogP contribution in [0.3, 0.4) is 0 Å². The van der Waals surface area contributed by atoms with Gasteiger partial charge in [0.25, 0.3) is 0 Å². The first-order valence-corrected chi connectivity index (χ1v) is 5.15. The van der Waals surface area contributed by atoms with Crippen LogP contribution in [0.1, 0.15) is 34.1 Å². The largest absolute Gasteiger partial charge is 0.369 e. The molecule has 0 aliphatic rings. The lowest BCUT2D eigenvalue weighted by Gasteiger charge is -2.38. The fourth-order valence-electron chi connectivity index (χ4n) is 1.80. The van der Waals surface area contributed by atoms with Gasteiger partial charge in [-0.15, -0.1) is 6.58 Å². The molecule has 0 aliphatic carbocycles. The van der Waals surface area contributed by atoms with E-state index in [0.29, 0.717) is 24.9 Å². The fourth-order valence-corrected chi connectivity index (χ4v) is 1.80. The van der Waals surface area contributed by atoms with Crippen molar-refractivity contribution >= 4 is 0 Å². The maximum atomic E-state index is 8.46. The van der Waals surface area contributed by atoms with Crippen molar-refractivity contribution in [3.8, 4) is 6.07 Å². The van der Waals surface area contributed by atoms with Gasteiger partial charge in [0, 0.05) is 0 Å². The molecule has 0 bridgehead atoms. The number of nitrogens with zero attached hydrogens (tertiary/aromatic N) is 1. The molecule has 0 saturated carbocycles. The first-order chi connectivity index (χ1) is 6.51. The molecule has 0 fully saturated rings. The SMILES string of the molecule is C=CC(OCCC#N)(C(C)C)C(C)C. The molecule has 80 valence electrons. The lowest BCUT2D eigenvalue weighted by Crippen LogP contribution is -2.41. The van der Waals surface area contributed by atoms with Gasteiger partial charge in [0.05, 0.1) is 24.7 Å². The van der Waals surface area contributed by atoms with Crippen LogP contribution in [0.15, 0.2) is 12.7 Å². The van der Waals surface area contributed by atoms with Crippen LogP contribution >= 0.6 is 0 Å². The van der Waals surface area contributed by atoms with Crippen molar-refractivity contribution in [2.45, 2.75) is 39.7 Å². The van der Waals surface area contributed by atoms with E-state index in [2.05, 4.69) is 40.3 Å². The average Bonchev–Trinajstić information content (AvgIpc) is 2.11. The third-order valence-electron chi connectivity index (χ3n) is 2.69. The molecule has 14 heavy (non-hydrogen) atoms. The normalized spacial score (nSPS) is 11.8. The molecule has 0 saturated heterocycles. The second-order valence-corrected chi connectivity index (χ2v) is 4.12. The van der Waals surface area contributed by atoms with Gasteiger partial charge in [-0.2, -0.15) is 5.26 Å². The zero-order valence-electron chi connectivity index (χ0n) is 9.71. The summed E-state index contributed by atoms with van der Waals surface area (Å²) in [5.74, 6) is 0.748. The monoisotopic (exact) mass is 195 g/mol. The Morgan fingerprint density at radius 3 is 2.14 bits per heavy atom. The van der Waals surface area contributed by atoms with E-state index in [4.69, 9.17) is 10.00 Å². The molecule has 0 N–H and O–H groups in total. The Kier molecular flexibility index (Phi) is 5.49. The van der Waals surface area contributed by atoms with Gasteiger partial charge in [0.2, 0.25) is 0 Å². The van der Waals surface area contributed by atoms with Crippen molar-refractivity contribution < 1.29 is 4.74 Å². The van der Waals surface area contributed by atoms with Crippen molar-refractivity contribution in [2.24, 2.45) is 11.8 Å². The highest BCUT2D eigenvalue weighted by atomic mass is 16.5. The van der Waals surface area contributed by atoms with Gasteiger partial charge < -0.3 is 4.74 Å². The third kappa shape index (κ3) is 2.85. The molecular weight excluding hydrogens is 174 g/mol. The Bertz CT molecular complexity index is 205. The number of hydrogen-bond donors (Lipinski definition) is 0. The van der Waals surface area contributed by atoms with Crippen molar-refractivity contribution in [3.05, 3.63) is 12.7 Å². The molecule has 0 rings (SSSR count). The minimum atomic E-state index is -0.295. The van der Waals surface area contributed by atoms with Gasteiger partial charge in [0.15, 0.2) is 0 Å². The molecule has 0 heterocycles. The molecule has 2 nitrogen and oxygen atoms in total. The number of nitriles is 1. The topological polar surface area (TPSA) is 33.0 Å². The van der Waals surface area contributed by atoms with Gasteiger partial charge in [-0.25, -0.2) is 0 Å². The minimum absolute atomic E-state index is 0.295. The standard InChI is InChI=1S/C12H21NO/c1-6-12(10(2)3,11(4)5)14-9-7-8-13/h6,10-11H,1,7,9H2,2-5H3. The zero-order chi connectivity index (χ0) is 11.2. The molecule has 0 atom stereocenters. The van der Waals surface area contributed by atoms with E-state index in [9.17, 15) is 0 Å². The highest BCUT2D eigenvalue weighted by Crippen LogP contribution is 2.31. The number of rotatable bonds is 6. The van der Waals surface area contributed by atoms with E-state index in [-0.39, 0.29) is 5.60 Å². The molecule has 0 spiro atoms. The average molecular weight is 195 g/mol. The fraction of sp³-hybridized carbons (Fsp3) is 0.750. The predicted molar refractivity (Wildman–Crippen MR) is 58.8 cm³/mol. The maximum Gasteiger partial charge on any atom is 0.0905 e. The molecular formula is C12H21NO. The highest BCUT2D eigenvalue weighted by molar-refractivity contribution is 5.02. The van der Waals surface area contributed by atoms with E-state index in [0.717, 1.165) is 0 Å². The van der Waals surface area contributed by atoms with Crippen LogP contribution in [0.5, 0.6) is 0 Å². The number of hydrogen-bond acceptors (Lipinski definition) is 2. The molecule has 0 unspecified atom stereocenters. The van der Waals surface area contributed by atoms with Crippen molar-refractivity contribution in [2.75, 3.05) is 6.61 Å². The Morgan fingerprint density at radius 2 is 1.86 bits per heavy atom. The minimum Gasteiger partial charge on any atom is -0.369 e. The van der Waals surface area contributed by atoms with Crippen LogP contribution in [0, 0.1) is 23.2 Å². The summed E-state index contributed by atoms with van der Waals surface area (Å²) < 4.78 is 5.80. The van der Waals surface area contributed by atoms with Gasteiger partial charge in [-0.3, -0.25) is 0 Å². The van der Waals surface area contributed by atoms with Crippen molar-refractivity contribution in [1.29, 1.82) is 5.26 Å². The summed E-state index contributed by atoms with van der Waals surface area (Å²) in [4.78, 5) is 0. The molecule has 2 heteroatoms. The Labute approximate surface area is 87.6 Å². The molecule has 0 radical (unpaired) electrons. The van der Waals surface area contributed by atoms with Crippen LogP contribution in [-0.4, -0.2) is 12.2 Å². The molecule has 0 aromatic carbocycles. The van der Waals surface area contributed by atoms with Gasteiger partial charge in [0.1, 0.15) is 0 Å². The second-order valence-electron chi connectivity index (χ2n) is 4.12. The summed E-state index contributed by atoms with van der Waals surface area (Å²) in [7, 11) is 0. The summed E-state index contributed by atoms with van der Waals surface area (Å²) in [5, 5.41) is 8.46. The highest BCUT2D eigenvalue weighted by Gasteiger charge is 2.34. The summed E-state index contributed by atoms with van der Waals surface area (Å²) in [6.45, 7) is 12.8. The molecule has 0 aromatic heterocycles. The molecule has 0 aliphatic heterocycles. The second kappa shape index (κ2) is 5.82. The van der Waals surface area contributed by atoms with Crippen LogP contribution in [0.2, 0.25) is 0 Å². The summed E-state index contributed by atoms with van der Waals surface area (Å²) >= 11 is 0. The summed E-state index contributed by atoms with van der Waals surface area (Å²) in [6.07, 6.45) is 2.31. The van der Waals surface area contributed by atoms with E-state index in [1.807, 2.05) is 6.08 Å². The summed E-state index contributed by atoms with van der Waals surface area (Å²) in [5.41, 5.74) is -0.295. The predicted octanol–water partition coefficient (Wildman–Crippen LogP) is 3.15. The van der Waals surface area contributed by atoms with Crippen LogP contribution in [0.4, 0.5) is 0 Å². The van der Waals surface area contributed by atoms with Gasteiger partial charge in [-0.1, -0.05) is 33.8 Å².